The summed E-state index contributed by atoms with van der Waals surface area (Å²) in [5, 5.41) is 14.7. The average Bonchev–Trinajstić information content (AvgIpc) is 4.53. The summed E-state index contributed by atoms with van der Waals surface area (Å²) >= 11 is 24.2. The first kappa shape index (κ1) is 59.5. The van der Waals surface area contributed by atoms with E-state index < -0.39 is 28.4 Å². The Morgan fingerprint density at radius 3 is 1.56 bits per heavy atom. The lowest BCUT2D eigenvalue weighted by Crippen LogP contribution is -2.51. The number of hydrogen-bond acceptors (Lipinski definition) is 18. The van der Waals surface area contributed by atoms with Crippen molar-refractivity contribution in [3.63, 3.8) is 0 Å². The second kappa shape index (κ2) is 25.9. The summed E-state index contributed by atoms with van der Waals surface area (Å²) in [4.78, 5) is 123. The molecule has 0 atom stereocenters. The van der Waals surface area contributed by atoms with Crippen molar-refractivity contribution >= 4 is 131 Å². The van der Waals surface area contributed by atoms with Gasteiger partial charge >= 0.3 is 0 Å². The van der Waals surface area contributed by atoms with E-state index in [2.05, 4.69) is 83.4 Å². The molecule has 0 aromatic carbocycles. The number of nitrogens with two attached hydrogens (primary N) is 2. The van der Waals surface area contributed by atoms with Crippen molar-refractivity contribution < 1.29 is 43.0 Å². The Morgan fingerprint density at radius 2 is 1.07 bits per heavy atom. The molecule has 2 spiro atoms. The van der Waals surface area contributed by atoms with E-state index >= 15 is 0 Å². The van der Waals surface area contributed by atoms with Gasteiger partial charge in [-0.15, -0.1) is 0 Å². The predicted octanol–water partition coefficient (Wildman–Crippen LogP) is 4.72. The molecule has 3 saturated heterocycles. The van der Waals surface area contributed by atoms with Gasteiger partial charge in [-0.05, 0) is 75.7 Å². The molecule has 80 heavy (non-hydrogen) atoms. The minimum absolute atomic E-state index is 0.0260. The van der Waals surface area contributed by atoms with Crippen LogP contribution in [0.1, 0.15) is 95.7 Å². The smallest absolute Gasteiger partial charge is 0.276 e. The van der Waals surface area contributed by atoms with Crippen LogP contribution in [0.3, 0.4) is 0 Å². The molecule has 10 N–H and O–H groups in total. The largest absolute Gasteiger partial charge is 0.384 e. The fourth-order valence-electron chi connectivity index (χ4n) is 8.72. The average molecular weight is 1290 g/mol. The molecule has 26 nitrogen and oxygen atoms in total. The number of nitrogen functional groups attached to an aromatic ring is 1. The molecule has 0 unspecified atom stereocenters. The van der Waals surface area contributed by atoms with Crippen LogP contribution in [0.25, 0.3) is 0 Å². The SMILES string of the molecule is NC(=O)c1[nH]c(=O)c(Br)cc1Cl.Nc1cc(NC(=O)C2CC2)ncn1.O=C1CCOCC1.O=C1NC2(CCOCC2)n2c1c(Cl)cc(Br)c2=O.O=C1NC2(CCOCC2)n2c1c(Cl)cc(Nc1cc(NC(=O)C3CC3)ncn1)c2=O. The number of hydrogen-bond donors (Lipinski definition) is 8. The van der Waals surface area contributed by atoms with E-state index in [0.717, 1.165) is 25.7 Å². The third kappa shape index (κ3) is 14.3. The highest BCUT2D eigenvalue weighted by Gasteiger charge is 2.47. The number of ether oxygens (including phenoxy) is 3. The second-order valence-electron chi connectivity index (χ2n) is 18.9. The van der Waals surface area contributed by atoms with Crippen molar-refractivity contribution in [1.29, 1.82) is 0 Å². The van der Waals surface area contributed by atoms with E-state index in [1.165, 1.54) is 40.0 Å². The fourth-order valence-corrected chi connectivity index (χ4v) is 10.5. The number of aromatic nitrogens is 7. The summed E-state index contributed by atoms with van der Waals surface area (Å²) < 4.78 is 19.1. The van der Waals surface area contributed by atoms with E-state index in [-0.39, 0.29) is 83.3 Å². The van der Waals surface area contributed by atoms with Gasteiger partial charge in [0.2, 0.25) is 11.8 Å². The van der Waals surface area contributed by atoms with E-state index in [9.17, 15) is 43.2 Å². The molecule has 7 aliphatic rings. The van der Waals surface area contributed by atoms with Crippen LogP contribution >= 0.6 is 66.7 Å². The van der Waals surface area contributed by atoms with Crippen LogP contribution in [0, 0.1) is 11.8 Å². The second-order valence-corrected chi connectivity index (χ2v) is 21.8. The molecular weight excluding hydrogens is 1240 g/mol. The monoisotopic (exact) mass is 1290 g/mol. The summed E-state index contributed by atoms with van der Waals surface area (Å²) in [6.45, 7) is 3.15. The number of carbonyl (C=O) groups is 6. The Hall–Kier alpha value is -6.66. The maximum absolute atomic E-state index is 13.3. The number of pyridine rings is 3. The third-order valence-electron chi connectivity index (χ3n) is 13.1. The topological polar surface area (TPSA) is 371 Å². The zero-order chi connectivity index (χ0) is 57.5. The number of primary amides is 1. The van der Waals surface area contributed by atoms with Crippen molar-refractivity contribution in [2.45, 2.75) is 75.5 Å². The quantitative estimate of drug-likeness (QED) is 0.109. The first-order valence-electron chi connectivity index (χ1n) is 24.8. The molecular formula is C49H51Br2Cl3N14O12. The number of Topliss-reactive ketones (excluding diaryl/α,β-unsaturated/α-hetero) is 1. The number of aromatic amines is 1. The molecule has 5 aromatic rings. The number of nitrogens with one attached hydrogen (secondary N) is 6. The van der Waals surface area contributed by atoms with Crippen LogP contribution in [-0.4, -0.2) is 109 Å². The maximum atomic E-state index is 13.3. The minimum atomic E-state index is -0.849. The Labute approximate surface area is 485 Å². The zero-order valence-corrected chi connectivity index (χ0v) is 47.6. The zero-order valence-electron chi connectivity index (χ0n) is 42.1. The molecule has 424 valence electrons. The summed E-state index contributed by atoms with van der Waals surface area (Å²) in [7, 11) is 0. The molecule has 10 heterocycles. The van der Waals surface area contributed by atoms with Crippen LogP contribution in [0.5, 0.6) is 0 Å². The summed E-state index contributed by atoms with van der Waals surface area (Å²) in [5.74, 6) is 0.570. The summed E-state index contributed by atoms with van der Waals surface area (Å²) in [6, 6.07) is 7.28. The molecule has 12 rings (SSSR count). The molecule has 5 aliphatic heterocycles. The number of nitrogens with zero attached hydrogens (tertiary/aromatic N) is 6. The standard InChI is InChI=1S/C19H19ClN6O4.C11H10BrClN2O3.C8H10N4O.C6H4BrClN2O2.C5H8O2/c20-11-7-12(23-13-8-14(22-9-21-13)24-16(27)10-1-2-10)18(29)26-15(11)17(28)25-19(26)3-5-30-6-4-19;12-6-5-7(13)8-9(16)14-11(15(8)10(6)17)1-3-18-4-2-11;9-6-3-7(11-4-10-6)12-8(13)5-1-2-5;7-2-1-3(8)4(5(9)11)10-6(2)12;6-5-1-3-7-4-2-5/h7-10H,1-6H2,(H,25,28)(H2,21,22,23,24,27);5H,1-4H2,(H,14,16);3-5H,1-2H2,(H3,9,10,11,12,13);1H,(H2,9,11)(H,10,12);1-4H2. The van der Waals surface area contributed by atoms with Crippen LogP contribution in [0.4, 0.5) is 29.0 Å². The number of anilines is 5. The Balaban J connectivity index is 0.000000143. The van der Waals surface area contributed by atoms with Crippen molar-refractivity contribution in [2.75, 3.05) is 61.3 Å². The molecule has 5 fully saturated rings. The van der Waals surface area contributed by atoms with Crippen LogP contribution in [0.2, 0.25) is 15.1 Å². The van der Waals surface area contributed by atoms with Gasteiger partial charge in [0.25, 0.3) is 34.4 Å². The van der Waals surface area contributed by atoms with Crippen LogP contribution < -0.4 is 54.7 Å². The van der Waals surface area contributed by atoms with Gasteiger partial charge in [0.15, 0.2) is 0 Å². The maximum Gasteiger partial charge on any atom is 0.276 e. The fraction of sp³-hybridized carbons (Fsp3) is 0.408. The highest BCUT2D eigenvalue weighted by atomic mass is 79.9. The van der Waals surface area contributed by atoms with Crippen molar-refractivity contribution in [3.8, 4) is 0 Å². The lowest BCUT2D eigenvalue weighted by molar-refractivity contribution is -0.124. The number of carbonyl (C=O) groups excluding carboxylic acids is 6. The van der Waals surface area contributed by atoms with E-state index in [4.69, 9.17) is 60.5 Å². The molecule has 31 heteroatoms. The van der Waals surface area contributed by atoms with Gasteiger partial charge in [0.1, 0.15) is 75.8 Å². The molecule has 0 radical (unpaired) electrons. The van der Waals surface area contributed by atoms with Gasteiger partial charge in [0, 0.05) is 62.5 Å². The highest BCUT2D eigenvalue weighted by Crippen LogP contribution is 2.37. The van der Waals surface area contributed by atoms with E-state index in [1.54, 1.807) is 12.1 Å². The lowest BCUT2D eigenvalue weighted by Gasteiger charge is -2.35. The number of amides is 5. The summed E-state index contributed by atoms with van der Waals surface area (Å²) in [6.07, 6.45) is 9.67. The lowest BCUT2D eigenvalue weighted by atomic mass is 10.0. The van der Waals surface area contributed by atoms with Crippen LogP contribution in [-0.2, 0) is 39.9 Å². The Bertz CT molecular complexity index is 3430. The third-order valence-corrected chi connectivity index (χ3v) is 15.2. The highest BCUT2D eigenvalue weighted by molar-refractivity contribution is 9.10. The number of fused-ring (bicyclic) bond motifs is 4. The first-order chi connectivity index (χ1) is 38.2. The van der Waals surface area contributed by atoms with Gasteiger partial charge in [-0.25, -0.2) is 19.9 Å². The number of rotatable bonds is 7. The van der Waals surface area contributed by atoms with Crippen molar-refractivity contribution in [2.24, 2.45) is 17.6 Å². The predicted molar refractivity (Wildman–Crippen MR) is 298 cm³/mol. The van der Waals surface area contributed by atoms with Gasteiger partial charge in [-0.3, -0.25) is 52.3 Å². The Morgan fingerprint density at radius 1 is 0.613 bits per heavy atom. The molecule has 2 aliphatic carbocycles. The molecule has 5 aromatic heterocycles. The molecule has 0 bridgehead atoms. The number of ketones is 1. The van der Waals surface area contributed by atoms with Gasteiger partial charge in [-0.2, -0.15) is 0 Å². The Kier molecular flexibility index (Phi) is 19.2. The normalized spacial score (nSPS) is 17.9. The van der Waals surface area contributed by atoms with Crippen molar-refractivity contribution in [1.82, 2.24) is 44.7 Å². The summed E-state index contributed by atoms with van der Waals surface area (Å²) in [5.41, 5.74) is 8.23. The van der Waals surface area contributed by atoms with E-state index in [0.29, 0.717) is 112 Å². The van der Waals surface area contributed by atoms with Crippen molar-refractivity contribution in [3.05, 3.63) is 115 Å². The van der Waals surface area contributed by atoms with Gasteiger partial charge in [-0.1, -0.05) is 34.8 Å². The minimum Gasteiger partial charge on any atom is -0.384 e. The number of H-pyrrole nitrogens is 1. The van der Waals surface area contributed by atoms with Gasteiger partial charge in [0.05, 0.1) is 63.7 Å². The van der Waals surface area contributed by atoms with Crippen LogP contribution in [0.15, 0.2) is 66.3 Å². The van der Waals surface area contributed by atoms with E-state index in [1.807, 2.05) is 0 Å². The van der Waals surface area contributed by atoms with Gasteiger partial charge < -0.3 is 57.2 Å². The first-order valence-corrected chi connectivity index (χ1v) is 27.5. The molecule has 2 saturated carbocycles. The number of halogens is 5. The molecule has 5 amide bonds.